The molecule has 8 nitrogen and oxygen atoms in total. The number of carbonyl (C=O) groups excluding carboxylic acids is 1. The van der Waals surface area contributed by atoms with Crippen molar-refractivity contribution in [3.8, 4) is 5.75 Å². The number of aryl methyl sites for hydroxylation is 1. The highest BCUT2D eigenvalue weighted by Crippen LogP contribution is 2.18. The third-order valence-corrected chi connectivity index (χ3v) is 3.56. The molecule has 3 aromatic rings. The number of nitrogens with two attached hydrogens (primary N) is 1. The molecule has 0 bridgehead atoms. The Kier molecular flexibility index (Phi) is 4.19. The van der Waals surface area contributed by atoms with Gasteiger partial charge in [-0.25, -0.2) is 9.97 Å². The normalized spacial score (nSPS) is 10.8. The van der Waals surface area contributed by atoms with Crippen molar-refractivity contribution in [2.24, 2.45) is 5.73 Å². The van der Waals surface area contributed by atoms with E-state index in [0.29, 0.717) is 17.9 Å². The minimum Gasteiger partial charge on any atom is -0.512 e. The highest BCUT2D eigenvalue weighted by atomic mass is 16.6. The zero-order valence-corrected chi connectivity index (χ0v) is 12.9. The molecule has 4 N–H and O–H groups in total. The quantitative estimate of drug-likeness (QED) is 0.577. The highest BCUT2D eigenvalue weighted by Gasteiger charge is 2.13. The maximum Gasteiger partial charge on any atom is 0.707 e. The summed E-state index contributed by atoms with van der Waals surface area (Å²) in [6, 6.07) is 10.3. The summed E-state index contributed by atoms with van der Waals surface area (Å²) in [5.74, 6) is 0.518. The molecule has 9 heteroatoms. The molecular weight excluding hydrogens is 311 g/mol. The third kappa shape index (κ3) is 3.22. The molecule has 0 aliphatic heterocycles. The van der Waals surface area contributed by atoms with Crippen LogP contribution in [0.25, 0.3) is 11.2 Å². The van der Waals surface area contributed by atoms with Crippen molar-refractivity contribution in [3.63, 3.8) is 0 Å². The number of benzene rings is 1. The Morgan fingerprint density at radius 1 is 1.21 bits per heavy atom. The van der Waals surface area contributed by atoms with Crippen LogP contribution in [0.2, 0.25) is 0 Å². The Balaban J connectivity index is 1.89. The molecular formula is C15H15BN4O4. The fourth-order valence-electron chi connectivity index (χ4n) is 2.44. The van der Waals surface area contributed by atoms with E-state index >= 15 is 0 Å². The van der Waals surface area contributed by atoms with E-state index in [2.05, 4.69) is 9.97 Å². The molecule has 0 unspecified atom stereocenters. The summed E-state index contributed by atoms with van der Waals surface area (Å²) < 4.78 is 6.73. The van der Waals surface area contributed by atoms with Gasteiger partial charge in [0.15, 0.2) is 5.65 Å². The van der Waals surface area contributed by atoms with E-state index in [1.54, 1.807) is 24.3 Å². The molecule has 1 aromatic carbocycles. The molecule has 2 heterocycles. The highest BCUT2D eigenvalue weighted by molar-refractivity contribution is 6.33. The van der Waals surface area contributed by atoms with E-state index in [0.717, 1.165) is 16.9 Å². The van der Waals surface area contributed by atoms with Crippen LogP contribution in [0.5, 0.6) is 5.75 Å². The first-order valence-corrected chi connectivity index (χ1v) is 7.19. The summed E-state index contributed by atoms with van der Waals surface area (Å²) in [5.41, 5.74) is 7.64. The second-order valence-electron chi connectivity index (χ2n) is 5.24. The fraction of sp³-hybridized carbons (Fsp3) is 0.133. The van der Waals surface area contributed by atoms with Crippen LogP contribution in [-0.2, 0) is 6.54 Å². The predicted octanol–water partition coefficient (Wildman–Crippen LogP) is 0.235. The van der Waals surface area contributed by atoms with E-state index < -0.39 is 13.2 Å². The molecule has 1 amide bonds. The van der Waals surface area contributed by atoms with Gasteiger partial charge in [-0.05, 0) is 36.8 Å². The van der Waals surface area contributed by atoms with E-state index in [1.807, 2.05) is 23.6 Å². The summed E-state index contributed by atoms with van der Waals surface area (Å²) in [5, 5.41) is 17.6. The van der Waals surface area contributed by atoms with Crippen molar-refractivity contribution in [2.45, 2.75) is 13.5 Å². The number of amides is 1. The Hall–Kier alpha value is -2.91. The van der Waals surface area contributed by atoms with Gasteiger partial charge in [-0.1, -0.05) is 12.1 Å². The van der Waals surface area contributed by atoms with Gasteiger partial charge in [-0.2, -0.15) is 0 Å². The Morgan fingerprint density at radius 2 is 1.92 bits per heavy atom. The topological polar surface area (TPSA) is 123 Å². The van der Waals surface area contributed by atoms with Gasteiger partial charge in [-0.15, -0.1) is 0 Å². The molecule has 0 aliphatic rings. The minimum absolute atomic E-state index is 0.177. The Bertz CT molecular complexity index is 892. The van der Waals surface area contributed by atoms with Crippen molar-refractivity contribution in [2.75, 3.05) is 0 Å². The molecule has 0 atom stereocenters. The number of pyridine rings is 1. The lowest BCUT2D eigenvalue weighted by molar-refractivity contribution is 0.0996. The minimum atomic E-state index is -1.85. The number of fused-ring (bicyclic) bond motifs is 1. The number of aromatic nitrogens is 3. The number of carbonyl (C=O) groups is 1. The number of hydrogen-bond acceptors (Lipinski definition) is 6. The largest absolute Gasteiger partial charge is 0.707 e. The van der Waals surface area contributed by atoms with E-state index in [1.165, 1.54) is 0 Å². The number of rotatable bonds is 5. The number of nitrogens with zero attached hydrogens (tertiary/aromatic N) is 3. The van der Waals surface area contributed by atoms with Gasteiger partial charge in [0.1, 0.15) is 17.3 Å². The molecule has 0 aliphatic carbocycles. The molecule has 2 aromatic heterocycles. The smallest absolute Gasteiger partial charge is 0.512 e. The molecule has 122 valence electrons. The number of primary amides is 1. The average molecular weight is 326 g/mol. The van der Waals surface area contributed by atoms with Crippen LogP contribution in [-0.4, -0.2) is 37.8 Å². The first-order valence-electron chi connectivity index (χ1n) is 7.19. The number of imidazole rings is 1. The SMILES string of the molecule is Cc1nc2nc(C(N)=O)ccc2n1Cc1ccc(OB(O)O)cc1. The molecule has 3 rings (SSSR count). The monoisotopic (exact) mass is 326 g/mol. The molecule has 0 spiro atoms. The molecule has 0 fully saturated rings. The molecule has 0 saturated heterocycles. The maximum atomic E-state index is 11.2. The summed E-state index contributed by atoms with van der Waals surface area (Å²) in [6.45, 7) is 2.40. The van der Waals surface area contributed by atoms with Gasteiger partial charge in [0.25, 0.3) is 5.91 Å². The van der Waals surface area contributed by atoms with Crippen LogP contribution in [0.15, 0.2) is 36.4 Å². The van der Waals surface area contributed by atoms with Gasteiger partial charge in [0.2, 0.25) is 0 Å². The molecule has 0 saturated carbocycles. The van der Waals surface area contributed by atoms with Gasteiger partial charge in [0, 0.05) is 6.54 Å². The lowest BCUT2D eigenvalue weighted by Gasteiger charge is -2.09. The lowest BCUT2D eigenvalue weighted by Crippen LogP contribution is -2.20. The van der Waals surface area contributed by atoms with Gasteiger partial charge in [0.05, 0.1) is 5.52 Å². The summed E-state index contributed by atoms with van der Waals surface area (Å²) >= 11 is 0. The first-order chi connectivity index (χ1) is 11.4. The van der Waals surface area contributed by atoms with E-state index in [4.69, 9.17) is 20.4 Å². The van der Waals surface area contributed by atoms with Crippen LogP contribution in [0.3, 0.4) is 0 Å². The third-order valence-electron chi connectivity index (χ3n) is 3.56. The van der Waals surface area contributed by atoms with Crippen LogP contribution >= 0.6 is 0 Å². The second-order valence-corrected chi connectivity index (χ2v) is 5.24. The Labute approximate surface area is 137 Å². The zero-order valence-electron chi connectivity index (χ0n) is 12.9. The van der Waals surface area contributed by atoms with Crippen LogP contribution in [0.1, 0.15) is 21.9 Å². The van der Waals surface area contributed by atoms with Crippen molar-refractivity contribution in [3.05, 3.63) is 53.5 Å². The van der Waals surface area contributed by atoms with Crippen molar-refractivity contribution < 1.29 is 19.5 Å². The first kappa shape index (κ1) is 16.0. The summed E-state index contributed by atoms with van der Waals surface area (Å²) in [7, 11) is -1.85. The lowest BCUT2D eigenvalue weighted by atomic mass is 10.2. The van der Waals surface area contributed by atoms with Crippen molar-refractivity contribution >= 4 is 24.4 Å². The van der Waals surface area contributed by atoms with Crippen LogP contribution < -0.4 is 10.4 Å². The van der Waals surface area contributed by atoms with Gasteiger partial charge >= 0.3 is 7.32 Å². The average Bonchev–Trinajstić information content (AvgIpc) is 2.83. The molecule has 24 heavy (non-hydrogen) atoms. The fourth-order valence-corrected chi connectivity index (χ4v) is 2.44. The van der Waals surface area contributed by atoms with Gasteiger partial charge < -0.3 is 25.0 Å². The van der Waals surface area contributed by atoms with E-state index in [-0.39, 0.29) is 5.69 Å². The zero-order chi connectivity index (χ0) is 17.3. The number of hydrogen-bond donors (Lipinski definition) is 3. The standard InChI is InChI=1S/C15H15BN4O4/c1-9-18-15-13(7-6-12(19-15)14(17)21)20(9)8-10-2-4-11(5-3-10)24-16(22)23/h2-7,22-23H,8H2,1H3,(H2,17,21). The van der Waals surface area contributed by atoms with Crippen LogP contribution in [0.4, 0.5) is 0 Å². The van der Waals surface area contributed by atoms with E-state index in [9.17, 15) is 4.79 Å². The second kappa shape index (κ2) is 6.30. The van der Waals surface area contributed by atoms with Crippen molar-refractivity contribution in [1.82, 2.24) is 14.5 Å². The van der Waals surface area contributed by atoms with Crippen LogP contribution in [0, 0.1) is 6.92 Å². The predicted molar refractivity (Wildman–Crippen MR) is 87.1 cm³/mol. The molecule has 0 radical (unpaired) electrons. The maximum absolute atomic E-state index is 11.2. The van der Waals surface area contributed by atoms with Crippen molar-refractivity contribution in [1.29, 1.82) is 0 Å². The summed E-state index contributed by atoms with van der Waals surface area (Å²) in [4.78, 5) is 19.7. The van der Waals surface area contributed by atoms with Gasteiger partial charge in [-0.3, -0.25) is 4.79 Å². The Morgan fingerprint density at radius 3 is 2.54 bits per heavy atom. The summed E-state index contributed by atoms with van der Waals surface area (Å²) in [6.07, 6.45) is 0.